The van der Waals surface area contributed by atoms with Crippen molar-refractivity contribution in [2.45, 2.75) is 31.9 Å². The van der Waals surface area contributed by atoms with E-state index in [1.165, 1.54) is 0 Å². The number of carbonyl (C=O) groups excluding carboxylic acids is 1. The molecule has 1 aliphatic rings. The highest BCUT2D eigenvalue weighted by Gasteiger charge is 2.20. The topological polar surface area (TPSA) is 61.4 Å². The molecule has 0 unspecified atom stereocenters. The van der Waals surface area contributed by atoms with Crippen molar-refractivity contribution in [3.05, 3.63) is 29.8 Å². The van der Waals surface area contributed by atoms with E-state index < -0.39 is 0 Å². The van der Waals surface area contributed by atoms with Crippen molar-refractivity contribution in [1.82, 2.24) is 5.32 Å². The van der Waals surface area contributed by atoms with Gasteiger partial charge in [0.05, 0.1) is 12.6 Å². The first-order chi connectivity index (χ1) is 8.31. The number of hydrogen-bond donors (Lipinski definition) is 3. The summed E-state index contributed by atoms with van der Waals surface area (Å²) in [6.07, 6.45) is 3.11. The van der Waals surface area contributed by atoms with Gasteiger partial charge in [0.2, 0.25) is 5.91 Å². The molecule has 0 saturated carbocycles. The highest BCUT2D eigenvalue weighted by Crippen LogP contribution is 2.16. The third-order valence-electron chi connectivity index (χ3n) is 3.07. The predicted molar refractivity (Wildman–Crippen MR) is 66.6 cm³/mol. The summed E-state index contributed by atoms with van der Waals surface area (Å²) in [5.74, 6) is -0.00870. The molecular formula is C13H18N2O2. The van der Waals surface area contributed by atoms with E-state index in [1.807, 2.05) is 24.3 Å². The molecule has 4 heteroatoms. The van der Waals surface area contributed by atoms with E-state index in [0.717, 1.165) is 31.4 Å². The zero-order valence-corrected chi connectivity index (χ0v) is 9.78. The van der Waals surface area contributed by atoms with Crippen molar-refractivity contribution < 1.29 is 9.90 Å². The van der Waals surface area contributed by atoms with Crippen LogP contribution in [0, 0.1) is 0 Å². The second-order valence-electron chi connectivity index (χ2n) is 4.31. The molecule has 1 saturated heterocycles. The molecule has 4 nitrogen and oxygen atoms in total. The van der Waals surface area contributed by atoms with Crippen molar-refractivity contribution >= 4 is 11.6 Å². The number of aliphatic hydroxyl groups is 1. The van der Waals surface area contributed by atoms with Gasteiger partial charge < -0.3 is 15.7 Å². The molecule has 1 fully saturated rings. The van der Waals surface area contributed by atoms with Crippen LogP contribution in [0.2, 0.25) is 0 Å². The molecule has 2 rings (SSSR count). The second-order valence-corrected chi connectivity index (χ2v) is 4.31. The first-order valence-corrected chi connectivity index (χ1v) is 6.04. The predicted octanol–water partition coefficient (Wildman–Crippen LogP) is 1.26. The zero-order valence-electron chi connectivity index (χ0n) is 9.78. The number of aliphatic hydroxyl groups excluding tert-OH is 1. The Morgan fingerprint density at radius 1 is 1.41 bits per heavy atom. The van der Waals surface area contributed by atoms with Gasteiger partial charge in [-0.05, 0) is 25.5 Å². The van der Waals surface area contributed by atoms with Gasteiger partial charge in [0.15, 0.2) is 0 Å². The number of para-hydroxylation sites is 1. The monoisotopic (exact) mass is 234 g/mol. The number of nitrogens with one attached hydrogen (secondary N) is 2. The van der Waals surface area contributed by atoms with Crippen molar-refractivity contribution in [3.8, 4) is 0 Å². The molecule has 3 N–H and O–H groups in total. The summed E-state index contributed by atoms with van der Waals surface area (Å²) in [7, 11) is 0. The van der Waals surface area contributed by atoms with Crippen LogP contribution in [0.3, 0.4) is 0 Å². The average molecular weight is 234 g/mol. The van der Waals surface area contributed by atoms with Crippen LogP contribution in [0.5, 0.6) is 0 Å². The Hall–Kier alpha value is -1.39. The molecule has 0 bridgehead atoms. The third kappa shape index (κ3) is 3.05. The maximum absolute atomic E-state index is 12.0. The fourth-order valence-electron chi connectivity index (χ4n) is 2.08. The van der Waals surface area contributed by atoms with Gasteiger partial charge >= 0.3 is 0 Å². The van der Waals surface area contributed by atoms with E-state index in [2.05, 4.69) is 10.6 Å². The molecule has 92 valence electrons. The highest BCUT2D eigenvalue weighted by molar-refractivity contribution is 5.95. The number of rotatable bonds is 3. The maximum Gasteiger partial charge on any atom is 0.241 e. The van der Waals surface area contributed by atoms with Crippen LogP contribution in [-0.4, -0.2) is 23.6 Å². The molecule has 0 aromatic heterocycles. The second kappa shape index (κ2) is 5.80. The lowest BCUT2D eigenvalue weighted by molar-refractivity contribution is -0.118. The maximum atomic E-state index is 12.0. The van der Waals surface area contributed by atoms with Crippen LogP contribution in [0.25, 0.3) is 0 Å². The average Bonchev–Trinajstić information content (AvgIpc) is 2.40. The van der Waals surface area contributed by atoms with E-state index in [-0.39, 0.29) is 18.6 Å². The van der Waals surface area contributed by atoms with Crippen LogP contribution in [0.4, 0.5) is 5.69 Å². The third-order valence-corrected chi connectivity index (χ3v) is 3.07. The molecule has 0 aliphatic carbocycles. The fourth-order valence-corrected chi connectivity index (χ4v) is 2.08. The zero-order chi connectivity index (χ0) is 12.1. The van der Waals surface area contributed by atoms with E-state index in [4.69, 9.17) is 0 Å². The first kappa shape index (κ1) is 12.1. The van der Waals surface area contributed by atoms with Gasteiger partial charge in [0.25, 0.3) is 0 Å². The molecule has 1 heterocycles. The molecular weight excluding hydrogens is 216 g/mol. The van der Waals surface area contributed by atoms with Crippen LogP contribution in [-0.2, 0) is 11.4 Å². The van der Waals surface area contributed by atoms with Gasteiger partial charge in [0, 0.05) is 11.3 Å². The Morgan fingerprint density at radius 2 is 2.24 bits per heavy atom. The van der Waals surface area contributed by atoms with E-state index in [0.29, 0.717) is 5.69 Å². The van der Waals surface area contributed by atoms with Crippen LogP contribution < -0.4 is 10.6 Å². The quantitative estimate of drug-likeness (QED) is 0.738. The van der Waals surface area contributed by atoms with Crippen LogP contribution >= 0.6 is 0 Å². The summed E-state index contributed by atoms with van der Waals surface area (Å²) in [5, 5.41) is 15.2. The SMILES string of the molecule is O=C(Nc1ccccc1CO)[C@H]1CCCCN1. The minimum Gasteiger partial charge on any atom is -0.392 e. The molecule has 0 spiro atoms. The summed E-state index contributed by atoms with van der Waals surface area (Å²) in [6.45, 7) is 0.842. The Balaban J connectivity index is 2.01. The van der Waals surface area contributed by atoms with Gasteiger partial charge in [-0.2, -0.15) is 0 Å². The minimum absolute atomic E-state index is 0.00870. The normalized spacial score (nSPS) is 19.9. The Morgan fingerprint density at radius 3 is 2.94 bits per heavy atom. The Bertz CT molecular complexity index is 387. The van der Waals surface area contributed by atoms with E-state index >= 15 is 0 Å². The molecule has 1 aliphatic heterocycles. The van der Waals surface area contributed by atoms with E-state index in [9.17, 15) is 9.90 Å². The van der Waals surface area contributed by atoms with Crippen molar-refractivity contribution in [3.63, 3.8) is 0 Å². The van der Waals surface area contributed by atoms with Crippen molar-refractivity contribution in [1.29, 1.82) is 0 Å². The number of carbonyl (C=O) groups is 1. The van der Waals surface area contributed by atoms with Gasteiger partial charge in [-0.25, -0.2) is 0 Å². The number of piperidine rings is 1. The van der Waals surface area contributed by atoms with E-state index in [1.54, 1.807) is 0 Å². The van der Waals surface area contributed by atoms with Gasteiger partial charge in [0.1, 0.15) is 0 Å². The first-order valence-electron chi connectivity index (χ1n) is 6.04. The summed E-state index contributed by atoms with van der Waals surface area (Å²) >= 11 is 0. The lowest BCUT2D eigenvalue weighted by Crippen LogP contribution is -2.43. The molecule has 1 atom stereocenters. The minimum atomic E-state index is -0.101. The fraction of sp³-hybridized carbons (Fsp3) is 0.462. The molecule has 1 amide bonds. The molecule has 17 heavy (non-hydrogen) atoms. The lowest BCUT2D eigenvalue weighted by atomic mass is 10.0. The summed E-state index contributed by atoms with van der Waals surface area (Å²) in [4.78, 5) is 12.0. The lowest BCUT2D eigenvalue weighted by Gasteiger charge is -2.23. The smallest absolute Gasteiger partial charge is 0.241 e. The van der Waals surface area contributed by atoms with Gasteiger partial charge in [-0.1, -0.05) is 24.6 Å². The highest BCUT2D eigenvalue weighted by atomic mass is 16.3. The number of anilines is 1. The standard InChI is InChI=1S/C13H18N2O2/c16-9-10-5-1-2-6-11(10)15-13(17)12-7-3-4-8-14-12/h1-2,5-6,12,14,16H,3-4,7-9H2,(H,15,17)/t12-/m1/s1. The van der Waals surface area contributed by atoms with Crippen molar-refractivity contribution in [2.75, 3.05) is 11.9 Å². The molecule has 0 radical (unpaired) electrons. The van der Waals surface area contributed by atoms with Crippen molar-refractivity contribution in [2.24, 2.45) is 0 Å². The summed E-state index contributed by atoms with van der Waals surface area (Å²) < 4.78 is 0. The Labute approximate surface area is 101 Å². The largest absolute Gasteiger partial charge is 0.392 e. The van der Waals surface area contributed by atoms with Gasteiger partial charge in [-0.15, -0.1) is 0 Å². The summed E-state index contributed by atoms with van der Waals surface area (Å²) in [6, 6.07) is 7.22. The Kier molecular flexibility index (Phi) is 4.12. The number of benzene rings is 1. The summed E-state index contributed by atoms with van der Waals surface area (Å²) in [5.41, 5.74) is 1.45. The number of amides is 1. The molecule has 1 aromatic rings. The van der Waals surface area contributed by atoms with Crippen LogP contribution in [0.15, 0.2) is 24.3 Å². The van der Waals surface area contributed by atoms with Crippen LogP contribution in [0.1, 0.15) is 24.8 Å². The number of hydrogen-bond acceptors (Lipinski definition) is 3. The molecule has 1 aromatic carbocycles. The van der Waals surface area contributed by atoms with Gasteiger partial charge in [-0.3, -0.25) is 4.79 Å².